The van der Waals surface area contributed by atoms with E-state index < -0.39 is 23.9 Å². The van der Waals surface area contributed by atoms with Crippen molar-refractivity contribution in [3.8, 4) is 0 Å². The molecule has 0 bridgehead atoms. The maximum absolute atomic E-state index is 13.0. The Morgan fingerprint density at radius 3 is 2.85 bits per heavy atom. The quantitative estimate of drug-likeness (QED) is 0.493. The summed E-state index contributed by atoms with van der Waals surface area (Å²) >= 11 is 1.41. The number of benzene rings is 1. The lowest BCUT2D eigenvalue weighted by Gasteiger charge is -2.18. The highest BCUT2D eigenvalue weighted by Gasteiger charge is 2.31. The molecule has 2 aromatic heterocycles. The zero-order valence-corrected chi connectivity index (χ0v) is 19.7. The van der Waals surface area contributed by atoms with Crippen molar-refractivity contribution in [1.29, 1.82) is 0 Å². The van der Waals surface area contributed by atoms with Crippen molar-refractivity contribution in [3.05, 3.63) is 46.1 Å². The number of hydrogen-bond donors (Lipinski definition) is 2. The van der Waals surface area contributed by atoms with Gasteiger partial charge in [-0.1, -0.05) is 13.8 Å². The third-order valence-corrected chi connectivity index (χ3v) is 6.97. The van der Waals surface area contributed by atoms with Crippen LogP contribution in [-0.4, -0.2) is 40.5 Å². The number of esters is 2. The van der Waals surface area contributed by atoms with E-state index in [1.165, 1.54) is 11.3 Å². The SMILES string of the molecule is CCOC(=O)c1c(NC(=O)C(CC)OC(=O)c2ccc3nc[nH]c3c2)sc2c1CCC(C)C2. The molecule has 0 fully saturated rings. The molecule has 0 saturated carbocycles. The molecule has 0 saturated heterocycles. The van der Waals surface area contributed by atoms with Crippen LogP contribution in [0.25, 0.3) is 11.0 Å². The highest BCUT2D eigenvalue weighted by molar-refractivity contribution is 7.17. The summed E-state index contributed by atoms with van der Waals surface area (Å²) in [7, 11) is 0. The Kier molecular flexibility index (Phi) is 6.78. The number of hydrogen-bond acceptors (Lipinski definition) is 7. The molecule has 2 atom stereocenters. The number of amides is 1. The number of nitrogens with one attached hydrogen (secondary N) is 2. The van der Waals surface area contributed by atoms with Crippen LogP contribution in [0.2, 0.25) is 0 Å². The van der Waals surface area contributed by atoms with Crippen molar-refractivity contribution >= 4 is 45.2 Å². The number of carbonyl (C=O) groups excluding carboxylic acids is 3. The van der Waals surface area contributed by atoms with Crippen molar-refractivity contribution < 1.29 is 23.9 Å². The summed E-state index contributed by atoms with van der Waals surface area (Å²) in [6.07, 6.45) is 3.47. The van der Waals surface area contributed by atoms with Gasteiger partial charge in [0.1, 0.15) is 5.00 Å². The molecule has 9 heteroatoms. The number of ether oxygens (including phenoxy) is 2. The molecule has 4 rings (SSSR count). The molecule has 2 heterocycles. The fourth-order valence-corrected chi connectivity index (χ4v) is 5.43. The van der Waals surface area contributed by atoms with Gasteiger partial charge in [-0.05, 0) is 62.3 Å². The summed E-state index contributed by atoms with van der Waals surface area (Å²) in [6, 6.07) is 4.97. The van der Waals surface area contributed by atoms with Gasteiger partial charge in [0.2, 0.25) is 0 Å². The molecule has 8 nitrogen and oxygen atoms in total. The molecule has 33 heavy (non-hydrogen) atoms. The highest BCUT2D eigenvalue weighted by Crippen LogP contribution is 2.40. The van der Waals surface area contributed by atoms with E-state index >= 15 is 0 Å². The largest absolute Gasteiger partial charge is 0.462 e. The summed E-state index contributed by atoms with van der Waals surface area (Å²) in [5.41, 5.74) is 3.16. The van der Waals surface area contributed by atoms with Crippen molar-refractivity contribution in [3.63, 3.8) is 0 Å². The molecule has 0 radical (unpaired) electrons. The van der Waals surface area contributed by atoms with Crippen LogP contribution in [-0.2, 0) is 27.1 Å². The smallest absolute Gasteiger partial charge is 0.341 e. The number of imidazole rings is 1. The first-order valence-corrected chi connectivity index (χ1v) is 12.0. The Morgan fingerprint density at radius 2 is 2.09 bits per heavy atom. The van der Waals surface area contributed by atoms with E-state index in [9.17, 15) is 14.4 Å². The first kappa shape index (κ1) is 23.0. The average Bonchev–Trinajstić information content (AvgIpc) is 3.40. The van der Waals surface area contributed by atoms with Crippen LogP contribution >= 0.6 is 11.3 Å². The molecule has 1 aliphatic rings. The molecule has 1 aromatic carbocycles. The molecule has 0 aliphatic heterocycles. The minimum absolute atomic E-state index is 0.253. The van der Waals surface area contributed by atoms with E-state index in [4.69, 9.17) is 9.47 Å². The van der Waals surface area contributed by atoms with Gasteiger partial charge < -0.3 is 19.8 Å². The van der Waals surface area contributed by atoms with Crippen LogP contribution in [0.4, 0.5) is 5.00 Å². The number of rotatable bonds is 7. The summed E-state index contributed by atoms with van der Waals surface area (Å²) in [4.78, 5) is 46.6. The number of aromatic amines is 1. The number of H-pyrrole nitrogens is 1. The lowest BCUT2D eigenvalue weighted by Crippen LogP contribution is -2.32. The Hall–Kier alpha value is -3.20. The van der Waals surface area contributed by atoms with Gasteiger partial charge in [0.05, 0.1) is 35.1 Å². The van der Waals surface area contributed by atoms with Gasteiger partial charge in [0.15, 0.2) is 6.10 Å². The molecule has 0 spiro atoms. The summed E-state index contributed by atoms with van der Waals surface area (Å²) in [5.74, 6) is -0.979. The van der Waals surface area contributed by atoms with Crippen molar-refractivity contribution in [2.75, 3.05) is 11.9 Å². The fraction of sp³-hybridized carbons (Fsp3) is 0.417. The van der Waals surface area contributed by atoms with Crippen LogP contribution < -0.4 is 5.32 Å². The lowest BCUT2D eigenvalue weighted by molar-refractivity contribution is -0.124. The highest BCUT2D eigenvalue weighted by atomic mass is 32.1. The Bertz CT molecular complexity index is 1200. The average molecular weight is 470 g/mol. The predicted octanol–water partition coefficient (Wildman–Crippen LogP) is 4.50. The molecular weight excluding hydrogens is 442 g/mol. The fourth-order valence-electron chi connectivity index (χ4n) is 4.03. The lowest BCUT2D eigenvalue weighted by atomic mass is 9.88. The summed E-state index contributed by atoms with van der Waals surface area (Å²) in [6.45, 7) is 5.95. The molecule has 1 aliphatic carbocycles. The van der Waals surface area contributed by atoms with Crippen molar-refractivity contribution in [2.45, 2.75) is 52.6 Å². The molecule has 3 aromatic rings. The Balaban J connectivity index is 1.53. The summed E-state index contributed by atoms with van der Waals surface area (Å²) < 4.78 is 10.8. The zero-order chi connectivity index (χ0) is 23.5. The molecule has 174 valence electrons. The van der Waals surface area contributed by atoms with Crippen LogP contribution in [0.5, 0.6) is 0 Å². The zero-order valence-electron chi connectivity index (χ0n) is 18.9. The van der Waals surface area contributed by atoms with E-state index in [0.717, 1.165) is 35.2 Å². The van der Waals surface area contributed by atoms with Gasteiger partial charge in [-0.25, -0.2) is 14.6 Å². The van der Waals surface area contributed by atoms with Crippen molar-refractivity contribution in [1.82, 2.24) is 9.97 Å². The second-order valence-electron chi connectivity index (χ2n) is 8.20. The maximum atomic E-state index is 13.0. The number of fused-ring (bicyclic) bond motifs is 2. The van der Waals surface area contributed by atoms with Crippen LogP contribution in [0.15, 0.2) is 24.5 Å². The van der Waals surface area contributed by atoms with E-state index in [1.807, 2.05) is 0 Å². The minimum Gasteiger partial charge on any atom is -0.462 e. The Morgan fingerprint density at radius 1 is 1.27 bits per heavy atom. The third kappa shape index (κ3) is 4.78. The predicted molar refractivity (Wildman–Crippen MR) is 126 cm³/mol. The third-order valence-electron chi connectivity index (χ3n) is 5.80. The minimum atomic E-state index is -0.997. The van der Waals surface area contributed by atoms with E-state index in [-0.39, 0.29) is 6.61 Å². The number of anilines is 1. The topological polar surface area (TPSA) is 110 Å². The van der Waals surface area contributed by atoms with Gasteiger partial charge >= 0.3 is 11.9 Å². The number of nitrogens with zero attached hydrogens (tertiary/aromatic N) is 1. The van der Waals surface area contributed by atoms with Crippen molar-refractivity contribution in [2.24, 2.45) is 5.92 Å². The van der Waals surface area contributed by atoms with Crippen LogP contribution in [0.1, 0.15) is 64.8 Å². The second kappa shape index (κ2) is 9.74. The van der Waals surface area contributed by atoms with E-state index in [0.29, 0.717) is 34.0 Å². The molecule has 2 N–H and O–H groups in total. The van der Waals surface area contributed by atoms with Gasteiger partial charge in [-0.15, -0.1) is 11.3 Å². The molecule has 2 unspecified atom stereocenters. The number of carbonyl (C=O) groups is 3. The van der Waals surface area contributed by atoms with Gasteiger partial charge in [-0.2, -0.15) is 0 Å². The molecule has 1 amide bonds. The first-order valence-electron chi connectivity index (χ1n) is 11.2. The van der Waals surface area contributed by atoms with Crippen LogP contribution in [0, 0.1) is 5.92 Å². The second-order valence-corrected chi connectivity index (χ2v) is 9.31. The normalized spacial score (nSPS) is 16.2. The Labute approximate surface area is 195 Å². The van der Waals surface area contributed by atoms with Gasteiger partial charge in [0.25, 0.3) is 5.91 Å². The summed E-state index contributed by atoms with van der Waals surface area (Å²) in [5, 5.41) is 3.30. The molecular formula is C24H27N3O5S. The van der Waals surface area contributed by atoms with Gasteiger partial charge in [0, 0.05) is 4.88 Å². The van der Waals surface area contributed by atoms with Gasteiger partial charge in [-0.3, -0.25) is 4.79 Å². The number of aromatic nitrogens is 2. The standard InChI is InChI=1S/C24H27N3O5S/c1-4-18(32-23(29)14-7-9-16-17(11-14)26-12-25-16)21(28)27-22-20(24(30)31-5-2)15-8-6-13(3)10-19(15)33-22/h7,9,11-13,18H,4-6,8,10H2,1-3H3,(H,25,26)(H,27,28). The van der Waals surface area contributed by atoms with E-state index in [2.05, 4.69) is 22.2 Å². The maximum Gasteiger partial charge on any atom is 0.341 e. The monoisotopic (exact) mass is 469 g/mol. The number of thiophene rings is 1. The first-order chi connectivity index (χ1) is 15.9. The van der Waals surface area contributed by atoms with Crippen LogP contribution in [0.3, 0.4) is 0 Å². The van der Waals surface area contributed by atoms with E-state index in [1.54, 1.807) is 38.4 Å².